The fourth-order valence-electron chi connectivity index (χ4n) is 4.65. The van der Waals surface area contributed by atoms with Crippen LogP contribution in [0, 0.1) is 0 Å². The van der Waals surface area contributed by atoms with Crippen LogP contribution < -0.4 is 10.0 Å². The molecule has 0 saturated carbocycles. The van der Waals surface area contributed by atoms with Gasteiger partial charge in [0.05, 0.1) is 24.0 Å². The minimum absolute atomic E-state index is 0.159. The van der Waals surface area contributed by atoms with E-state index < -0.39 is 17.4 Å². The molecule has 0 fully saturated rings. The molecule has 194 valence electrons. The molecule has 4 N–H and O–H groups in total. The van der Waals surface area contributed by atoms with Crippen LogP contribution in [-0.2, 0) is 24.2 Å². The van der Waals surface area contributed by atoms with Crippen LogP contribution in [0.1, 0.15) is 47.7 Å². The van der Waals surface area contributed by atoms with Crippen LogP contribution in [0.5, 0.6) is 0 Å². The second-order valence-electron chi connectivity index (χ2n) is 9.25. The SMILES string of the molecule is CCCCCc1ccc(-c2cccc([S+]([O-])NC)c2)cc1C(=O)N[C@H](CO)Cc1c[nH]c2ccccc12. The summed E-state index contributed by atoms with van der Waals surface area (Å²) >= 11 is -1.29. The maximum atomic E-state index is 13.6. The van der Waals surface area contributed by atoms with E-state index in [-0.39, 0.29) is 12.5 Å². The number of amides is 1. The maximum absolute atomic E-state index is 13.6. The highest BCUT2D eigenvalue weighted by atomic mass is 32.2. The zero-order valence-electron chi connectivity index (χ0n) is 21.4. The second-order valence-corrected chi connectivity index (χ2v) is 10.7. The first kappa shape index (κ1) is 26.9. The normalized spacial score (nSPS) is 13.0. The number of nitrogens with one attached hydrogen (secondary N) is 3. The number of H-pyrrole nitrogens is 1. The Morgan fingerprint density at radius 1 is 1.03 bits per heavy atom. The third-order valence-corrected chi connectivity index (χ3v) is 7.72. The van der Waals surface area contributed by atoms with Crippen molar-refractivity contribution in [3.63, 3.8) is 0 Å². The van der Waals surface area contributed by atoms with Crippen LogP contribution in [0.3, 0.4) is 0 Å². The molecule has 3 aromatic carbocycles. The Morgan fingerprint density at radius 2 is 1.84 bits per heavy atom. The molecule has 1 aromatic heterocycles. The van der Waals surface area contributed by atoms with Gasteiger partial charge in [-0.05, 0) is 59.7 Å². The standard InChI is InChI=1S/C30H35N3O3S/c1-3-4-5-9-21-14-15-23(22-10-8-11-26(17-22)37(36)31-2)18-28(21)30(35)33-25(20-34)16-24-19-32-29-13-7-6-12-27(24)29/h6-8,10-15,17-19,25,31-32,34H,3-5,9,16,20H2,1-2H3,(H,33,35)/t25-,37?/m0/s1. The molecule has 1 heterocycles. The summed E-state index contributed by atoms with van der Waals surface area (Å²) in [6.07, 6.45) is 6.48. The van der Waals surface area contributed by atoms with Crippen LogP contribution in [0.15, 0.2) is 77.8 Å². The lowest BCUT2D eigenvalue weighted by Gasteiger charge is -2.18. The van der Waals surface area contributed by atoms with Gasteiger partial charge in [-0.15, -0.1) is 4.72 Å². The van der Waals surface area contributed by atoms with Crippen LogP contribution in [-0.4, -0.2) is 40.2 Å². The van der Waals surface area contributed by atoms with Crippen LogP contribution in [0.25, 0.3) is 22.0 Å². The first-order valence-electron chi connectivity index (χ1n) is 12.8. The molecule has 4 aromatic rings. The molecule has 0 radical (unpaired) electrons. The Hall–Kier alpha value is -3.10. The number of aromatic amines is 1. The number of unbranched alkanes of at least 4 members (excludes halogenated alkanes) is 2. The molecule has 6 nitrogen and oxygen atoms in total. The summed E-state index contributed by atoms with van der Waals surface area (Å²) in [6.45, 7) is 2.00. The minimum atomic E-state index is -1.29. The van der Waals surface area contributed by atoms with Gasteiger partial charge in [-0.1, -0.05) is 62.2 Å². The highest BCUT2D eigenvalue weighted by Gasteiger charge is 2.19. The van der Waals surface area contributed by atoms with E-state index in [2.05, 4.69) is 21.9 Å². The average Bonchev–Trinajstić information content (AvgIpc) is 3.35. The van der Waals surface area contributed by atoms with E-state index in [1.54, 1.807) is 7.05 Å². The van der Waals surface area contributed by atoms with Gasteiger partial charge in [0.1, 0.15) is 0 Å². The summed E-state index contributed by atoms with van der Waals surface area (Å²) in [5.41, 5.74) is 5.48. The number of carbonyl (C=O) groups is 1. The first-order chi connectivity index (χ1) is 18.0. The van der Waals surface area contributed by atoms with Crippen LogP contribution in [0.4, 0.5) is 0 Å². The van der Waals surface area contributed by atoms with E-state index in [0.29, 0.717) is 16.9 Å². The minimum Gasteiger partial charge on any atom is -0.593 e. The predicted octanol–water partition coefficient (Wildman–Crippen LogP) is 5.14. The first-order valence-corrected chi connectivity index (χ1v) is 14.0. The summed E-state index contributed by atoms with van der Waals surface area (Å²) < 4.78 is 15.0. The highest BCUT2D eigenvalue weighted by Crippen LogP contribution is 2.26. The van der Waals surface area contributed by atoms with Crippen molar-refractivity contribution >= 4 is 28.2 Å². The van der Waals surface area contributed by atoms with Gasteiger partial charge in [0.15, 0.2) is 4.90 Å². The highest BCUT2D eigenvalue weighted by molar-refractivity contribution is 7.89. The molecule has 2 atom stereocenters. The number of hydrogen-bond acceptors (Lipinski definition) is 4. The third-order valence-electron chi connectivity index (χ3n) is 6.67. The second kappa shape index (κ2) is 12.9. The van der Waals surface area contributed by atoms with Gasteiger partial charge in [0, 0.05) is 35.8 Å². The number of aromatic nitrogens is 1. The Kier molecular flexibility index (Phi) is 9.41. The van der Waals surface area contributed by atoms with Crippen molar-refractivity contribution in [2.45, 2.75) is 50.0 Å². The zero-order chi connectivity index (χ0) is 26.2. The number of rotatable bonds is 12. The molecule has 7 heteroatoms. The molecular weight excluding hydrogens is 482 g/mol. The fourth-order valence-corrected chi connectivity index (χ4v) is 5.32. The zero-order valence-corrected chi connectivity index (χ0v) is 22.2. The van der Waals surface area contributed by atoms with Crippen molar-refractivity contribution in [1.82, 2.24) is 15.0 Å². The van der Waals surface area contributed by atoms with Crippen molar-refractivity contribution in [2.24, 2.45) is 0 Å². The Bertz CT molecular complexity index is 1340. The summed E-state index contributed by atoms with van der Waals surface area (Å²) in [5.74, 6) is -0.192. The van der Waals surface area contributed by atoms with Gasteiger partial charge >= 0.3 is 0 Å². The lowest BCUT2D eigenvalue weighted by molar-refractivity contribution is 0.0915. The summed E-state index contributed by atoms with van der Waals surface area (Å²) in [4.78, 5) is 17.5. The number of aliphatic hydroxyl groups is 1. The van der Waals surface area contributed by atoms with Gasteiger partial charge in [-0.2, -0.15) is 0 Å². The maximum Gasteiger partial charge on any atom is 0.251 e. The number of carbonyl (C=O) groups excluding carboxylic acids is 1. The van der Waals surface area contributed by atoms with E-state index >= 15 is 0 Å². The Morgan fingerprint density at radius 3 is 2.62 bits per heavy atom. The lowest BCUT2D eigenvalue weighted by atomic mass is 9.95. The molecule has 0 aliphatic rings. The van der Waals surface area contributed by atoms with Gasteiger partial charge in [0.2, 0.25) is 0 Å². The quantitative estimate of drug-likeness (QED) is 0.154. The number of benzene rings is 3. The van der Waals surface area contributed by atoms with Crippen molar-refractivity contribution in [3.8, 4) is 11.1 Å². The van der Waals surface area contributed by atoms with Crippen molar-refractivity contribution in [2.75, 3.05) is 13.7 Å². The summed E-state index contributed by atoms with van der Waals surface area (Å²) in [6, 6.07) is 21.1. The topological polar surface area (TPSA) is 100 Å². The predicted molar refractivity (Wildman–Crippen MR) is 151 cm³/mol. The lowest BCUT2D eigenvalue weighted by Crippen LogP contribution is -2.39. The molecule has 0 aliphatic carbocycles. The molecular formula is C30H35N3O3S. The summed E-state index contributed by atoms with van der Waals surface area (Å²) in [7, 11) is 1.66. The van der Waals surface area contributed by atoms with E-state index in [4.69, 9.17) is 0 Å². The monoisotopic (exact) mass is 517 g/mol. The largest absolute Gasteiger partial charge is 0.593 e. The van der Waals surface area contributed by atoms with Crippen molar-refractivity contribution < 1.29 is 14.5 Å². The Balaban J connectivity index is 1.60. The molecule has 1 unspecified atom stereocenters. The number of aryl methyl sites for hydroxylation is 1. The number of aliphatic hydroxyl groups excluding tert-OH is 1. The van der Waals surface area contributed by atoms with Crippen LogP contribution >= 0.6 is 0 Å². The molecule has 4 rings (SSSR count). The molecule has 0 spiro atoms. The molecule has 37 heavy (non-hydrogen) atoms. The van der Waals surface area contributed by atoms with E-state index in [0.717, 1.165) is 58.8 Å². The van der Waals surface area contributed by atoms with E-state index in [9.17, 15) is 14.5 Å². The number of para-hydroxylation sites is 1. The fraction of sp³-hybridized carbons (Fsp3) is 0.300. The Labute approximate surface area is 221 Å². The molecule has 1 amide bonds. The third kappa shape index (κ3) is 6.62. The number of hydrogen-bond donors (Lipinski definition) is 4. The molecule has 0 aliphatic heterocycles. The molecule has 0 saturated heterocycles. The van der Waals surface area contributed by atoms with Crippen molar-refractivity contribution in [1.29, 1.82) is 0 Å². The van der Waals surface area contributed by atoms with Crippen molar-refractivity contribution in [3.05, 3.63) is 89.6 Å². The smallest absolute Gasteiger partial charge is 0.251 e. The van der Waals surface area contributed by atoms with E-state index in [1.165, 1.54) is 0 Å². The molecule has 0 bridgehead atoms. The van der Waals surface area contributed by atoms with Crippen LogP contribution in [0.2, 0.25) is 0 Å². The number of fused-ring (bicyclic) bond motifs is 1. The van der Waals surface area contributed by atoms with Gasteiger partial charge in [0.25, 0.3) is 5.91 Å². The van der Waals surface area contributed by atoms with Gasteiger partial charge in [-0.25, -0.2) is 0 Å². The average molecular weight is 518 g/mol. The summed E-state index contributed by atoms with van der Waals surface area (Å²) in [5, 5.41) is 14.3. The van der Waals surface area contributed by atoms with Gasteiger partial charge < -0.3 is 20.0 Å². The van der Waals surface area contributed by atoms with Gasteiger partial charge in [-0.3, -0.25) is 4.79 Å². The van der Waals surface area contributed by atoms with E-state index in [1.807, 2.05) is 72.9 Å².